The number of aryl methyl sites for hydroxylation is 1. The molecule has 3 aliphatic rings. The lowest BCUT2D eigenvalue weighted by Gasteiger charge is -2.69. The lowest BCUT2D eigenvalue weighted by Crippen LogP contribution is -2.77. The van der Waals surface area contributed by atoms with Gasteiger partial charge in [-0.25, -0.2) is 9.78 Å². The third kappa shape index (κ3) is 3.88. The van der Waals surface area contributed by atoms with Crippen molar-refractivity contribution in [3.8, 4) is 22.3 Å². The van der Waals surface area contributed by atoms with E-state index in [2.05, 4.69) is 44.1 Å². The van der Waals surface area contributed by atoms with E-state index >= 15 is 0 Å². The minimum absolute atomic E-state index is 0.0938. The van der Waals surface area contributed by atoms with E-state index in [-0.39, 0.29) is 17.0 Å². The van der Waals surface area contributed by atoms with Crippen LogP contribution in [-0.2, 0) is 10.2 Å². The Labute approximate surface area is 197 Å². The molecule has 8 nitrogen and oxygen atoms in total. The van der Waals surface area contributed by atoms with Crippen molar-refractivity contribution in [2.75, 3.05) is 6.61 Å². The fourth-order valence-electron chi connectivity index (χ4n) is 4.99. The number of thiophene rings is 1. The van der Waals surface area contributed by atoms with E-state index in [1.54, 1.807) is 17.5 Å². The predicted molar refractivity (Wildman–Crippen MR) is 126 cm³/mol. The fourth-order valence-corrected chi connectivity index (χ4v) is 5.85. The molecule has 0 radical (unpaired) electrons. The molecule has 3 aliphatic carbocycles. The van der Waals surface area contributed by atoms with E-state index < -0.39 is 5.60 Å². The van der Waals surface area contributed by atoms with Crippen molar-refractivity contribution in [2.45, 2.75) is 70.4 Å². The Morgan fingerprint density at radius 3 is 2.52 bits per heavy atom. The van der Waals surface area contributed by atoms with Gasteiger partial charge in [0.1, 0.15) is 27.9 Å². The largest absolute Gasteiger partial charge is 0.492 e. The third-order valence-electron chi connectivity index (χ3n) is 6.16. The molecular weight excluding hydrogens is 438 g/mol. The first-order valence-corrected chi connectivity index (χ1v) is 12.1. The summed E-state index contributed by atoms with van der Waals surface area (Å²) in [4.78, 5) is 18.1. The molecule has 0 aromatic carbocycles. The molecule has 2 bridgehead atoms. The number of amides is 1. The molecule has 3 aromatic rings. The standard InChI is InChI=1S/C24H29N5O3S/c1-6-31-16-8-9-17(25-11-16)19-27-28-20(29(19)18-10-7-15(2)33-18)23-12-24(13-23,14-23)26-21(30)32-22(3,4)5/h7-11H,6,12-14H2,1-5H3,(H,26,30). The van der Waals surface area contributed by atoms with Gasteiger partial charge in [0, 0.05) is 15.8 Å². The highest BCUT2D eigenvalue weighted by atomic mass is 32.1. The van der Waals surface area contributed by atoms with Crippen molar-refractivity contribution in [1.82, 2.24) is 25.1 Å². The molecule has 0 unspecified atom stereocenters. The number of ether oxygens (including phenoxy) is 2. The van der Waals surface area contributed by atoms with Crippen molar-refractivity contribution in [2.24, 2.45) is 0 Å². The van der Waals surface area contributed by atoms with Crippen LogP contribution in [0.3, 0.4) is 0 Å². The zero-order valence-corrected chi connectivity index (χ0v) is 20.5. The number of rotatable bonds is 6. The molecule has 6 rings (SSSR count). The van der Waals surface area contributed by atoms with Crippen LogP contribution >= 0.6 is 11.3 Å². The SMILES string of the molecule is CCOc1ccc(-c2nnc(C34CC(NC(=O)OC(C)(C)C)(C3)C4)n2-c2ccc(C)s2)nc1. The van der Waals surface area contributed by atoms with Gasteiger partial charge >= 0.3 is 6.09 Å². The number of aromatic nitrogens is 4. The summed E-state index contributed by atoms with van der Waals surface area (Å²) in [5.74, 6) is 2.38. The lowest BCUT2D eigenvalue weighted by molar-refractivity contribution is -0.0943. The van der Waals surface area contributed by atoms with Gasteiger partial charge in [-0.1, -0.05) is 0 Å². The van der Waals surface area contributed by atoms with E-state index in [9.17, 15) is 4.79 Å². The van der Waals surface area contributed by atoms with Gasteiger partial charge in [-0.3, -0.25) is 4.57 Å². The van der Waals surface area contributed by atoms with Crippen LogP contribution in [0.5, 0.6) is 5.75 Å². The first kappa shape index (κ1) is 21.9. The molecule has 0 saturated heterocycles. The molecule has 0 spiro atoms. The second-order valence-corrected chi connectivity index (χ2v) is 11.4. The van der Waals surface area contributed by atoms with Crippen LogP contribution in [0, 0.1) is 6.92 Å². The number of alkyl carbamates (subject to hydrolysis) is 1. The first-order chi connectivity index (χ1) is 15.6. The normalized spacial score (nSPS) is 23.4. The molecule has 9 heteroatoms. The van der Waals surface area contributed by atoms with Crippen LogP contribution in [0.4, 0.5) is 4.79 Å². The summed E-state index contributed by atoms with van der Waals surface area (Å²) in [7, 11) is 0. The molecule has 3 saturated carbocycles. The summed E-state index contributed by atoms with van der Waals surface area (Å²) >= 11 is 1.70. The van der Waals surface area contributed by atoms with Crippen molar-refractivity contribution in [1.29, 1.82) is 0 Å². The predicted octanol–water partition coefficient (Wildman–Crippen LogP) is 4.80. The summed E-state index contributed by atoms with van der Waals surface area (Å²) in [6, 6.07) is 8.03. The number of carbonyl (C=O) groups is 1. The second-order valence-electron chi connectivity index (χ2n) is 10.1. The monoisotopic (exact) mass is 467 g/mol. The summed E-state index contributed by atoms with van der Waals surface area (Å²) < 4.78 is 13.1. The lowest BCUT2D eigenvalue weighted by atomic mass is 9.39. The van der Waals surface area contributed by atoms with Gasteiger partial charge in [0.2, 0.25) is 0 Å². The van der Waals surface area contributed by atoms with Gasteiger partial charge < -0.3 is 14.8 Å². The Balaban J connectivity index is 1.42. The second kappa shape index (κ2) is 7.55. The third-order valence-corrected chi connectivity index (χ3v) is 7.14. The Hall–Kier alpha value is -2.94. The summed E-state index contributed by atoms with van der Waals surface area (Å²) in [5.41, 5.74) is -0.0652. The minimum Gasteiger partial charge on any atom is -0.492 e. The van der Waals surface area contributed by atoms with Crippen molar-refractivity contribution in [3.05, 3.63) is 41.2 Å². The summed E-state index contributed by atoms with van der Waals surface area (Å²) in [6.45, 7) is 10.3. The van der Waals surface area contributed by atoms with Crippen molar-refractivity contribution in [3.63, 3.8) is 0 Å². The Morgan fingerprint density at radius 1 is 1.18 bits per heavy atom. The maximum Gasteiger partial charge on any atom is 0.408 e. The van der Waals surface area contributed by atoms with Gasteiger partial charge in [-0.2, -0.15) is 0 Å². The number of nitrogens with one attached hydrogen (secondary N) is 1. The molecule has 0 atom stereocenters. The van der Waals surface area contributed by atoms with E-state index in [0.29, 0.717) is 12.4 Å². The van der Waals surface area contributed by atoms with Crippen LogP contribution in [0.25, 0.3) is 16.5 Å². The van der Waals surface area contributed by atoms with E-state index in [1.165, 1.54) is 4.88 Å². The Kier molecular flexibility index (Phi) is 5.00. The summed E-state index contributed by atoms with van der Waals surface area (Å²) in [6.07, 6.45) is 3.86. The summed E-state index contributed by atoms with van der Waals surface area (Å²) in [5, 5.41) is 13.4. The molecule has 1 N–H and O–H groups in total. The van der Waals surface area contributed by atoms with Crippen molar-refractivity contribution >= 4 is 17.4 Å². The average molecular weight is 468 g/mol. The van der Waals surface area contributed by atoms with Gasteiger partial charge in [-0.05, 0) is 78.1 Å². The minimum atomic E-state index is -0.512. The average Bonchev–Trinajstić information content (AvgIpc) is 3.29. The number of carbonyl (C=O) groups excluding carboxylic acids is 1. The molecule has 0 aliphatic heterocycles. The number of hydrogen-bond donors (Lipinski definition) is 1. The number of nitrogens with zero attached hydrogens (tertiary/aromatic N) is 4. The maximum absolute atomic E-state index is 12.3. The molecule has 3 fully saturated rings. The molecule has 1 amide bonds. The maximum atomic E-state index is 12.3. The molecule has 3 aromatic heterocycles. The van der Waals surface area contributed by atoms with Gasteiger partial charge in [-0.15, -0.1) is 21.5 Å². The van der Waals surface area contributed by atoms with Crippen LogP contribution in [0.2, 0.25) is 0 Å². The van der Waals surface area contributed by atoms with Crippen LogP contribution in [0.15, 0.2) is 30.5 Å². The van der Waals surface area contributed by atoms with E-state index in [1.807, 2.05) is 39.8 Å². The fraction of sp³-hybridized carbons (Fsp3) is 0.500. The number of hydrogen-bond acceptors (Lipinski definition) is 7. The topological polar surface area (TPSA) is 91.2 Å². The highest BCUT2D eigenvalue weighted by Crippen LogP contribution is 2.67. The molecule has 3 heterocycles. The first-order valence-electron chi connectivity index (χ1n) is 11.3. The van der Waals surface area contributed by atoms with Gasteiger partial charge in [0.25, 0.3) is 0 Å². The smallest absolute Gasteiger partial charge is 0.408 e. The molecule has 33 heavy (non-hydrogen) atoms. The highest BCUT2D eigenvalue weighted by molar-refractivity contribution is 7.14. The van der Waals surface area contributed by atoms with E-state index in [4.69, 9.17) is 9.47 Å². The quantitative estimate of drug-likeness (QED) is 0.560. The van der Waals surface area contributed by atoms with Gasteiger partial charge in [0.15, 0.2) is 5.82 Å². The van der Waals surface area contributed by atoms with Crippen molar-refractivity contribution < 1.29 is 14.3 Å². The number of pyridine rings is 1. The zero-order valence-electron chi connectivity index (χ0n) is 19.6. The van der Waals surface area contributed by atoms with E-state index in [0.717, 1.165) is 41.5 Å². The van der Waals surface area contributed by atoms with Gasteiger partial charge in [0.05, 0.1) is 12.8 Å². The van der Waals surface area contributed by atoms with Crippen LogP contribution in [-0.4, -0.2) is 43.6 Å². The van der Waals surface area contributed by atoms with Crippen LogP contribution in [0.1, 0.15) is 57.7 Å². The molecule has 174 valence electrons. The van der Waals surface area contributed by atoms with Crippen LogP contribution < -0.4 is 10.1 Å². The highest BCUT2D eigenvalue weighted by Gasteiger charge is 2.71. The zero-order chi connectivity index (χ0) is 23.4. The molecular formula is C24H29N5O3S. The Morgan fingerprint density at radius 2 is 1.94 bits per heavy atom. The Bertz CT molecular complexity index is 1170.